The van der Waals surface area contributed by atoms with Crippen LogP contribution in [0.4, 0.5) is 8.78 Å². The van der Waals surface area contributed by atoms with Crippen LogP contribution in [-0.4, -0.2) is 39.2 Å². The molecule has 4 aromatic rings. The van der Waals surface area contributed by atoms with Crippen LogP contribution in [0.3, 0.4) is 0 Å². The molecule has 0 bridgehead atoms. The van der Waals surface area contributed by atoms with Crippen molar-refractivity contribution in [1.82, 2.24) is 9.99 Å². The van der Waals surface area contributed by atoms with Crippen LogP contribution in [0.1, 0.15) is 11.1 Å². The molecule has 0 amide bonds. The molecule has 6 rings (SSSR count). The Morgan fingerprint density at radius 3 is 2.61 bits per heavy atom. The maximum atomic E-state index is 14.9. The SMILES string of the molecule is NC1=NC=NC2C1C(c1cc(O)cc(F)c1)=NN2Cc1cc2ccccc2nc1-c1ccccc1F. The number of fused-ring (bicyclic) bond motifs is 2. The highest BCUT2D eigenvalue weighted by molar-refractivity contribution is 6.17. The molecule has 1 aromatic heterocycles. The number of rotatable bonds is 4. The maximum absolute atomic E-state index is 14.9. The maximum Gasteiger partial charge on any atom is 0.154 e. The number of hydrazone groups is 1. The van der Waals surface area contributed by atoms with Gasteiger partial charge in [0.2, 0.25) is 0 Å². The summed E-state index contributed by atoms with van der Waals surface area (Å²) in [6.07, 6.45) is 0.837. The first-order chi connectivity index (χ1) is 17.5. The number of nitrogens with two attached hydrogens (primary N) is 1. The second-order valence-electron chi connectivity index (χ2n) is 8.66. The van der Waals surface area contributed by atoms with E-state index in [0.29, 0.717) is 22.5 Å². The van der Waals surface area contributed by atoms with Crippen LogP contribution in [-0.2, 0) is 6.54 Å². The first-order valence-corrected chi connectivity index (χ1v) is 11.3. The number of phenols is 1. The van der Waals surface area contributed by atoms with Crippen molar-refractivity contribution in [1.29, 1.82) is 0 Å². The van der Waals surface area contributed by atoms with Gasteiger partial charge < -0.3 is 10.8 Å². The molecular formula is C27H20F2N6O. The zero-order valence-corrected chi connectivity index (χ0v) is 18.9. The highest BCUT2D eigenvalue weighted by atomic mass is 19.1. The Balaban J connectivity index is 1.48. The molecule has 0 saturated heterocycles. The fraction of sp³-hybridized carbons (Fsp3) is 0.111. The van der Waals surface area contributed by atoms with E-state index in [1.807, 2.05) is 30.3 Å². The predicted molar refractivity (Wildman–Crippen MR) is 135 cm³/mol. The molecule has 2 aliphatic heterocycles. The summed E-state index contributed by atoms with van der Waals surface area (Å²) >= 11 is 0. The van der Waals surface area contributed by atoms with E-state index in [1.54, 1.807) is 23.2 Å². The third-order valence-corrected chi connectivity index (χ3v) is 6.32. The van der Waals surface area contributed by atoms with E-state index in [2.05, 4.69) is 9.98 Å². The van der Waals surface area contributed by atoms with Gasteiger partial charge in [-0.3, -0.25) is 5.01 Å². The average molecular weight is 482 g/mol. The van der Waals surface area contributed by atoms with Gasteiger partial charge in [0.15, 0.2) is 6.17 Å². The van der Waals surface area contributed by atoms with Crippen LogP contribution in [0.2, 0.25) is 0 Å². The van der Waals surface area contributed by atoms with E-state index in [9.17, 15) is 13.9 Å². The van der Waals surface area contributed by atoms with E-state index in [1.165, 1.54) is 24.5 Å². The number of amidine groups is 1. The van der Waals surface area contributed by atoms with Crippen LogP contribution in [0.5, 0.6) is 5.75 Å². The standard InChI is InChI=1S/C27H20F2N6O/c28-18-10-16(11-19(36)12-18)25-23-26(30)31-14-32-27(23)35(34-25)13-17-9-15-5-1-4-8-22(15)33-24(17)20-6-2-3-7-21(20)29/h1-12,14,23,27,36H,13H2,(H2,30,31,32). The van der Waals surface area contributed by atoms with Gasteiger partial charge in [0.1, 0.15) is 35.5 Å². The van der Waals surface area contributed by atoms with Crippen molar-refractivity contribution >= 4 is 28.8 Å². The van der Waals surface area contributed by atoms with E-state index in [-0.39, 0.29) is 23.9 Å². The summed E-state index contributed by atoms with van der Waals surface area (Å²) in [7, 11) is 0. The minimum atomic E-state index is -0.599. The van der Waals surface area contributed by atoms with E-state index in [0.717, 1.165) is 22.5 Å². The number of hydrogen-bond acceptors (Lipinski definition) is 7. The Labute approximate surface area is 205 Å². The topological polar surface area (TPSA) is 99.5 Å². The largest absolute Gasteiger partial charge is 0.508 e. The van der Waals surface area contributed by atoms with Gasteiger partial charge in [0.25, 0.3) is 0 Å². The Morgan fingerprint density at radius 1 is 0.972 bits per heavy atom. The first-order valence-electron chi connectivity index (χ1n) is 11.3. The molecule has 2 atom stereocenters. The molecule has 178 valence electrons. The molecule has 9 heteroatoms. The lowest BCUT2D eigenvalue weighted by Gasteiger charge is -2.26. The van der Waals surface area contributed by atoms with Gasteiger partial charge in [-0.05, 0) is 36.4 Å². The van der Waals surface area contributed by atoms with E-state index >= 15 is 0 Å². The molecule has 3 aromatic carbocycles. The van der Waals surface area contributed by atoms with Crippen molar-refractivity contribution in [2.24, 2.45) is 26.7 Å². The molecule has 2 unspecified atom stereocenters. The van der Waals surface area contributed by atoms with Gasteiger partial charge in [-0.15, -0.1) is 0 Å². The number of para-hydroxylation sites is 1. The lowest BCUT2D eigenvalue weighted by atomic mass is 9.93. The summed E-state index contributed by atoms with van der Waals surface area (Å²) in [5.41, 5.74) is 9.40. The lowest BCUT2D eigenvalue weighted by molar-refractivity contribution is 0.214. The summed E-state index contributed by atoms with van der Waals surface area (Å²) < 4.78 is 29.0. The number of aromatic nitrogens is 1. The van der Waals surface area contributed by atoms with Gasteiger partial charge in [0, 0.05) is 28.1 Å². The monoisotopic (exact) mass is 482 g/mol. The van der Waals surface area contributed by atoms with E-state index in [4.69, 9.17) is 15.8 Å². The highest BCUT2D eigenvalue weighted by Crippen LogP contribution is 2.34. The quantitative estimate of drug-likeness (QED) is 0.449. The Hall–Kier alpha value is -4.66. The summed E-state index contributed by atoms with van der Waals surface area (Å²) in [4.78, 5) is 13.4. The fourth-order valence-electron chi connectivity index (χ4n) is 4.71. The van der Waals surface area contributed by atoms with Gasteiger partial charge in [-0.2, -0.15) is 5.10 Å². The zero-order chi connectivity index (χ0) is 24.8. The normalized spacial score (nSPS) is 18.8. The van der Waals surface area contributed by atoms with Gasteiger partial charge >= 0.3 is 0 Å². The molecule has 3 heterocycles. The molecule has 0 saturated carbocycles. The number of nitrogens with zero attached hydrogens (tertiary/aromatic N) is 5. The van der Waals surface area contributed by atoms with Crippen LogP contribution in [0, 0.1) is 17.6 Å². The molecular weight excluding hydrogens is 462 g/mol. The highest BCUT2D eigenvalue weighted by Gasteiger charge is 2.42. The Morgan fingerprint density at radius 2 is 1.78 bits per heavy atom. The summed E-state index contributed by atoms with van der Waals surface area (Å²) in [6, 6.07) is 19.8. The van der Waals surface area contributed by atoms with Crippen LogP contribution in [0.25, 0.3) is 22.2 Å². The molecule has 0 spiro atoms. The van der Waals surface area contributed by atoms with Gasteiger partial charge in [-0.1, -0.05) is 30.3 Å². The third kappa shape index (κ3) is 3.74. The average Bonchev–Trinajstić information content (AvgIpc) is 3.23. The molecule has 0 radical (unpaired) electrons. The van der Waals surface area contributed by atoms with Crippen molar-refractivity contribution in [3.63, 3.8) is 0 Å². The fourth-order valence-corrected chi connectivity index (χ4v) is 4.71. The van der Waals surface area contributed by atoms with Crippen LogP contribution >= 0.6 is 0 Å². The molecule has 0 aliphatic carbocycles. The minimum Gasteiger partial charge on any atom is -0.508 e. The number of aliphatic imine (C=N–C) groups is 2. The summed E-state index contributed by atoms with van der Waals surface area (Å²) in [5.74, 6) is -1.46. The first kappa shape index (κ1) is 21.8. The molecule has 2 aliphatic rings. The van der Waals surface area contributed by atoms with Gasteiger partial charge in [-0.25, -0.2) is 23.7 Å². The van der Waals surface area contributed by atoms with Crippen LogP contribution in [0.15, 0.2) is 87.9 Å². The molecule has 7 nitrogen and oxygen atoms in total. The molecule has 3 N–H and O–H groups in total. The zero-order valence-electron chi connectivity index (χ0n) is 18.9. The number of hydrogen-bond donors (Lipinski definition) is 2. The smallest absolute Gasteiger partial charge is 0.154 e. The Bertz CT molecular complexity index is 1580. The second-order valence-corrected chi connectivity index (χ2v) is 8.66. The van der Waals surface area contributed by atoms with Crippen molar-refractivity contribution in [2.75, 3.05) is 0 Å². The number of aromatic hydroxyl groups is 1. The van der Waals surface area contributed by atoms with Crippen molar-refractivity contribution < 1.29 is 13.9 Å². The van der Waals surface area contributed by atoms with Crippen molar-refractivity contribution in [3.05, 3.63) is 95.6 Å². The molecule has 0 fully saturated rings. The summed E-state index contributed by atoms with van der Waals surface area (Å²) in [6.45, 7) is 0.234. The lowest BCUT2D eigenvalue weighted by Crippen LogP contribution is -2.42. The molecule has 36 heavy (non-hydrogen) atoms. The van der Waals surface area contributed by atoms with Gasteiger partial charge in [0.05, 0.1) is 23.5 Å². The predicted octanol–water partition coefficient (Wildman–Crippen LogP) is 4.45. The van der Waals surface area contributed by atoms with Crippen molar-refractivity contribution in [2.45, 2.75) is 12.7 Å². The van der Waals surface area contributed by atoms with E-state index < -0.39 is 17.9 Å². The van der Waals surface area contributed by atoms with Crippen molar-refractivity contribution in [3.8, 4) is 17.0 Å². The minimum absolute atomic E-state index is 0.224. The number of halogens is 2. The second kappa shape index (κ2) is 8.53. The number of pyridine rings is 1. The number of benzene rings is 3. The third-order valence-electron chi connectivity index (χ3n) is 6.32. The summed E-state index contributed by atoms with van der Waals surface area (Å²) in [5, 5.41) is 17.3. The van der Waals surface area contributed by atoms with Crippen LogP contribution < -0.4 is 5.73 Å². The number of phenolic OH excluding ortho intramolecular Hbond substituents is 1. The Kier molecular flexibility index (Phi) is 5.18.